The average molecular weight is 404 g/mol. The number of benzene rings is 1. The van der Waals surface area contributed by atoms with Crippen LogP contribution < -0.4 is 10.9 Å². The standard InChI is InChI=1S/C21H23F3N4O/c1-27(14-15-8-2-4-10-17(15)21(22,23)24)20(12-6-7-13-25-20)28-19(29)16-9-3-5-11-18(16)26-28/h2,4,6-8,10,12-13,25-26H,3,5,9,11,14H2,1H3. The molecule has 1 aliphatic heterocycles. The van der Waals surface area contributed by atoms with Gasteiger partial charge in [0.05, 0.1) is 5.56 Å². The lowest BCUT2D eigenvalue weighted by Gasteiger charge is -2.41. The smallest absolute Gasteiger partial charge is 0.352 e. The number of likely N-dealkylation sites (N-methyl/N-ethyl adjacent to an activating group) is 1. The van der Waals surface area contributed by atoms with Crippen LogP contribution in [0.5, 0.6) is 0 Å². The minimum Gasteiger partial charge on any atom is -0.352 e. The molecular weight excluding hydrogens is 381 g/mol. The van der Waals surface area contributed by atoms with Crippen LogP contribution in [0.2, 0.25) is 0 Å². The highest BCUT2D eigenvalue weighted by atomic mass is 19.4. The van der Waals surface area contributed by atoms with Gasteiger partial charge >= 0.3 is 6.18 Å². The first-order valence-electron chi connectivity index (χ1n) is 9.64. The molecule has 2 aliphatic rings. The number of nitrogens with zero attached hydrogens (tertiary/aromatic N) is 2. The number of aromatic amines is 1. The maximum atomic E-state index is 13.5. The molecule has 1 aromatic heterocycles. The maximum absolute atomic E-state index is 13.5. The van der Waals surface area contributed by atoms with Crippen LogP contribution in [0.4, 0.5) is 13.2 Å². The second kappa shape index (κ2) is 7.26. The number of H-pyrrole nitrogens is 1. The quantitative estimate of drug-likeness (QED) is 0.820. The number of hydrogen-bond acceptors (Lipinski definition) is 3. The van der Waals surface area contributed by atoms with E-state index in [4.69, 9.17) is 0 Å². The van der Waals surface area contributed by atoms with Gasteiger partial charge in [0.1, 0.15) is 0 Å². The second-order valence-electron chi connectivity index (χ2n) is 7.52. The van der Waals surface area contributed by atoms with E-state index in [-0.39, 0.29) is 17.7 Å². The molecule has 1 aromatic carbocycles. The number of aryl methyl sites for hydroxylation is 1. The Bertz CT molecular complexity index is 1020. The Balaban J connectivity index is 1.76. The van der Waals surface area contributed by atoms with Crippen molar-refractivity contribution < 1.29 is 13.2 Å². The number of fused-ring (bicyclic) bond motifs is 1. The van der Waals surface area contributed by atoms with E-state index in [1.165, 1.54) is 16.8 Å². The van der Waals surface area contributed by atoms with E-state index in [1.54, 1.807) is 42.4 Å². The highest BCUT2D eigenvalue weighted by molar-refractivity contribution is 5.30. The summed E-state index contributed by atoms with van der Waals surface area (Å²) in [5.74, 6) is -1.12. The van der Waals surface area contributed by atoms with E-state index < -0.39 is 17.5 Å². The van der Waals surface area contributed by atoms with Gasteiger partial charge in [0, 0.05) is 17.8 Å². The van der Waals surface area contributed by atoms with Gasteiger partial charge < -0.3 is 5.32 Å². The summed E-state index contributed by atoms with van der Waals surface area (Å²) < 4.78 is 41.9. The van der Waals surface area contributed by atoms with Crippen molar-refractivity contribution in [3.63, 3.8) is 0 Å². The highest BCUT2D eigenvalue weighted by Gasteiger charge is 2.39. The van der Waals surface area contributed by atoms with Crippen LogP contribution in [0, 0.1) is 0 Å². The molecule has 2 heterocycles. The molecule has 1 unspecified atom stereocenters. The molecule has 2 N–H and O–H groups in total. The van der Waals surface area contributed by atoms with Crippen molar-refractivity contribution >= 4 is 0 Å². The van der Waals surface area contributed by atoms with Crippen LogP contribution in [0.3, 0.4) is 0 Å². The zero-order chi connectivity index (χ0) is 20.6. The molecule has 0 saturated carbocycles. The van der Waals surface area contributed by atoms with Gasteiger partial charge in [0.2, 0.25) is 5.79 Å². The Labute approximate surface area is 166 Å². The lowest BCUT2D eigenvalue weighted by Crippen LogP contribution is -2.59. The predicted octanol–water partition coefficient (Wildman–Crippen LogP) is 3.49. The van der Waals surface area contributed by atoms with Crippen molar-refractivity contribution in [3.8, 4) is 0 Å². The van der Waals surface area contributed by atoms with E-state index in [1.807, 2.05) is 0 Å². The number of rotatable bonds is 4. The Morgan fingerprint density at radius 2 is 1.93 bits per heavy atom. The van der Waals surface area contributed by atoms with Gasteiger partial charge in [-0.15, -0.1) is 0 Å². The summed E-state index contributed by atoms with van der Waals surface area (Å²) in [6, 6.07) is 5.53. The molecule has 154 valence electrons. The van der Waals surface area contributed by atoms with Gasteiger partial charge in [-0.1, -0.05) is 24.3 Å². The Hall–Kier alpha value is -2.74. The average Bonchev–Trinajstić information content (AvgIpc) is 3.05. The lowest BCUT2D eigenvalue weighted by atomic mass is 9.98. The first-order chi connectivity index (χ1) is 13.8. The molecule has 1 atom stereocenters. The van der Waals surface area contributed by atoms with Crippen molar-refractivity contribution in [2.45, 2.75) is 44.2 Å². The fraction of sp³-hybridized carbons (Fsp3) is 0.381. The van der Waals surface area contributed by atoms with Crippen LogP contribution in [0.15, 0.2) is 53.5 Å². The number of halogens is 3. The number of nitrogens with one attached hydrogen (secondary N) is 2. The Morgan fingerprint density at radius 3 is 2.62 bits per heavy atom. The summed E-state index contributed by atoms with van der Waals surface area (Å²) in [6.07, 6.45) is 6.09. The first kappa shape index (κ1) is 19.6. The molecule has 8 heteroatoms. The molecule has 1 aliphatic carbocycles. The van der Waals surface area contributed by atoms with Crippen molar-refractivity contribution in [1.82, 2.24) is 20.0 Å². The second-order valence-corrected chi connectivity index (χ2v) is 7.52. The van der Waals surface area contributed by atoms with Crippen molar-refractivity contribution in [1.29, 1.82) is 0 Å². The molecule has 0 bridgehead atoms. The Morgan fingerprint density at radius 1 is 1.17 bits per heavy atom. The molecular formula is C21H23F3N4O. The van der Waals surface area contributed by atoms with E-state index in [2.05, 4.69) is 10.4 Å². The zero-order valence-corrected chi connectivity index (χ0v) is 16.1. The van der Waals surface area contributed by atoms with Gasteiger partial charge in [0.15, 0.2) is 0 Å². The molecule has 0 saturated heterocycles. The van der Waals surface area contributed by atoms with Gasteiger partial charge in [-0.05, 0) is 62.7 Å². The zero-order valence-electron chi connectivity index (χ0n) is 16.1. The summed E-state index contributed by atoms with van der Waals surface area (Å²) in [5.41, 5.74) is 1.02. The van der Waals surface area contributed by atoms with Crippen LogP contribution in [-0.4, -0.2) is 21.7 Å². The predicted molar refractivity (Wildman–Crippen MR) is 104 cm³/mol. The van der Waals surface area contributed by atoms with E-state index in [0.29, 0.717) is 6.42 Å². The van der Waals surface area contributed by atoms with Crippen molar-refractivity contribution in [2.24, 2.45) is 0 Å². The maximum Gasteiger partial charge on any atom is 0.416 e. The Kier molecular flexibility index (Phi) is 4.90. The van der Waals surface area contributed by atoms with Crippen molar-refractivity contribution in [3.05, 3.63) is 81.4 Å². The van der Waals surface area contributed by atoms with E-state index in [9.17, 15) is 18.0 Å². The van der Waals surface area contributed by atoms with Crippen LogP contribution in [-0.2, 0) is 31.3 Å². The van der Waals surface area contributed by atoms with Crippen LogP contribution in [0.1, 0.15) is 35.2 Å². The molecule has 0 spiro atoms. The number of hydrogen-bond donors (Lipinski definition) is 2. The van der Waals surface area contributed by atoms with Crippen LogP contribution >= 0.6 is 0 Å². The highest BCUT2D eigenvalue weighted by Crippen LogP contribution is 2.33. The normalized spacial score (nSPS) is 21.3. The van der Waals surface area contributed by atoms with E-state index >= 15 is 0 Å². The van der Waals surface area contributed by atoms with E-state index in [0.717, 1.165) is 36.6 Å². The third-order valence-corrected chi connectivity index (χ3v) is 5.66. The molecule has 0 radical (unpaired) electrons. The molecule has 0 amide bonds. The minimum atomic E-state index is -4.44. The monoisotopic (exact) mass is 404 g/mol. The number of aromatic nitrogens is 2. The van der Waals surface area contributed by atoms with Gasteiger partial charge in [-0.3, -0.25) is 14.8 Å². The largest absolute Gasteiger partial charge is 0.416 e. The first-order valence-corrected chi connectivity index (χ1v) is 9.64. The summed E-state index contributed by atoms with van der Waals surface area (Å²) in [6.45, 7) is -0.00299. The number of allylic oxidation sites excluding steroid dienone is 2. The summed E-state index contributed by atoms with van der Waals surface area (Å²) in [7, 11) is 1.70. The van der Waals surface area contributed by atoms with Crippen LogP contribution in [0.25, 0.3) is 0 Å². The summed E-state index contributed by atoms with van der Waals surface area (Å²) >= 11 is 0. The van der Waals surface area contributed by atoms with Gasteiger partial charge in [0.25, 0.3) is 5.56 Å². The molecule has 2 aromatic rings. The third kappa shape index (κ3) is 3.42. The number of dihydropyridines is 1. The molecule has 4 rings (SSSR count). The van der Waals surface area contributed by atoms with Gasteiger partial charge in [-0.25, -0.2) is 4.68 Å². The minimum absolute atomic E-state index is 0.00299. The topological polar surface area (TPSA) is 53.1 Å². The summed E-state index contributed by atoms with van der Waals surface area (Å²) in [4.78, 5) is 14.8. The summed E-state index contributed by atoms with van der Waals surface area (Å²) in [5, 5.41) is 6.40. The lowest BCUT2D eigenvalue weighted by molar-refractivity contribution is -0.138. The van der Waals surface area contributed by atoms with Gasteiger partial charge in [-0.2, -0.15) is 13.2 Å². The fourth-order valence-corrected chi connectivity index (χ4v) is 4.15. The fourth-order valence-electron chi connectivity index (χ4n) is 4.15. The molecule has 0 fully saturated rings. The number of alkyl halides is 3. The molecule has 29 heavy (non-hydrogen) atoms. The van der Waals surface area contributed by atoms with Crippen molar-refractivity contribution in [2.75, 3.05) is 7.05 Å². The molecule has 5 nitrogen and oxygen atoms in total. The third-order valence-electron chi connectivity index (χ3n) is 5.66. The SMILES string of the molecule is CN(Cc1ccccc1C(F)(F)F)C1(n2[nH]c3c(c2=O)CCCC3)C=CC=CN1.